The summed E-state index contributed by atoms with van der Waals surface area (Å²) in [6, 6.07) is 29.3. The molecule has 12 nitrogen and oxygen atoms in total. The molecule has 0 aromatic heterocycles. The first kappa shape index (κ1) is 68.9. The molecule has 0 amide bonds. The number of hydrogen-bond donors (Lipinski definition) is 1. The molecule has 1 unspecified atom stereocenters. The van der Waals surface area contributed by atoms with Crippen molar-refractivity contribution < 1.29 is 57.8 Å². The van der Waals surface area contributed by atoms with E-state index in [0.717, 1.165) is 121 Å². The normalized spacial score (nSPS) is 16.6. The van der Waals surface area contributed by atoms with Gasteiger partial charge in [-0.3, -0.25) is 5.26 Å². The highest BCUT2D eigenvalue weighted by Gasteiger charge is 2.35. The van der Waals surface area contributed by atoms with Crippen molar-refractivity contribution >= 4 is 29.8 Å². The summed E-state index contributed by atoms with van der Waals surface area (Å²) in [4.78, 5) is 68.1. The molecule has 4 aliphatic rings. The summed E-state index contributed by atoms with van der Waals surface area (Å²) in [6.07, 6.45) is 26.9. The zero-order valence-electron chi connectivity index (χ0n) is 52.4. The van der Waals surface area contributed by atoms with E-state index in [9.17, 15) is 29.2 Å². The highest BCUT2D eigenvalue weighted by Crippen LogP contribution is 2.38. The van der Waals surface area contributed by atoms with Crippen molar-refractivity contribution in [1.82, 2.24) is 0 Å². The molecule has 0 heterocycles. The van der Waals surface area contributed by atoms with Crippen LogP contribution < -0.4 is 0 Å². The maximum atomic E-state index is 12.8. The molecule has 0 bridgehead atoms. The highest BCUT2D eigenvalue weighted by atomic mass is 17.1. The highest BCUT2D eigenvalue weighted by molar-refractivity contribution is 6.04. The Morgan fingerprint density at radius 1 is 0.417 bits per heavy atom. The summed E-state index contributed by atoms with van der Waals surface area (Å²) in [5, 5.41) is 9.51. The molecule has 4 aromatic rings. The molecule has 0 radical (unpaired) electrons. The third-order valence-corrected chi connectivity index (χ3v) is 18.5. The molecule has 8 rings (SSSR count). The lowest BCUT2D eigenvalue weighted by Crippen LogP contribution is -2.35. The van der Waals surface area contributed by atoms with Gasteiger partial charge in [0.1, 0.15) is 23.4 Å². The van der Waals surface area contributed by atoms with Gasteiger partial charge >= 0.3 is 29.8 Å². The first-order valence-electron chi connectivity index (χ1n) is 32.3. The van der Waals surface area contributed by atoms with Gasteiger partial charge in [-0.1, -0.05) is 172 Å². The van der Waals surface area contributed by atoms with E-state index < -0.39 is 41.2 Å². The van der Waals surface area contributed by atoms with Crippen LogP contribution in [0.3, 0.4) is 0 Å². The molecule has 0 spiro atoms. The number of esters is 5. The van der Waals surface area contributed by atoms with Crippen LogP contribution in [-0.4, -0.2) is 65.6 Å². The van der Waals surface area contributed by atoms with Gasteiger partial charge in [0.05, 0.1) is 41.0 Å². The topological polar surface area (TPSA) is 161 Å². The standard InChI is InChI=1S/C22H30O4.C22H34O4.C20H28O4.C8H10/c23-21(25-15-17-9-3-1-4-10-17)19-13-7-8-14-20(19)22(24)26-16-18-11-5-2-6-12-18;1-7-21(8-2,9-3)25-19(23)17-15-13-14-16-18(17)20(24)26-22(10-4,11-5)12-6;21-20(23-16-11-5-2-6-12-16)18-14-8-7-13-17(18)19(24-22)15-9-3-1-4-10-15;1-7-5-3-4-6-8(7)2/h7-8,13-14,17-18H,1-6,9-12,15-16H2;13-16H,7-12H2,1-6H3;7-8,13-16,19,22H,1-6,9-12H2;3-6H,1-2H3. The summed E-state index contributed by atoms with van der Waals surface area (Å²) in [7, 11) is 0. The molecule has 4 aromatic carbocycles. The minimum atomic E-state index is -0.492. The fraction of sp³-hybridized carbons (Fsp3) is 0.597. The number of ether oxygens (including phenoxy) is 5. The van der Waals surface area contributed by atoms with Gasteiger partial charge in [0, 0.05) is 0 Å². The Morgan fingerprint density at radius 2 is 0.738 bits per heavy atom. The van der Waals surface area contributed by atoms with E-state index >= 15 is 0 Å². The zero-order valence-corrected chi connectivity index (χ0v) is 52.4. The minimum Gasteiger partial charge on any atom is -0.462 e. The summed E-state index contributed by atoms with van der Waals surface area (Å²) in [5.41, 5.74) is 4.22. The van der Waals surface area contributed by atoms with Crippen LogP contribution >= 0.6 is 0 Å². The molecule has 462 valence electrons. The smallest absolute Gasteiger partial charge is 0.339 e. The van der Waals surface area contributed by atoms with E-state index in [1.54, 1.807) is 54.6 Å². The maximum absolute atomic E-state index is 12.8. The fourth-order valence-electron chi connectivity index (χ4n) is 12.2. The molecule has 4 saturated carbocycles. The zero-order chi connectivity index (χ0) is 60.7. The van der Waals surface area contributed by atoms with Crippen molar-refractivity contribution in [2.24, 2.45) is 17.8 Å². The van der Waals surface area contributed by atoms with E-state index in [1.165, 1.54) is 62.5 Å². The Labute approximate surface area is 503 Å². The van der Waals surface area contributed by atoms with E-state index in [-0.39, 0.29) is 29.1 Å². The van der Waals surface area contributed by atoms with Crippen LogP contribution in [0, 0.1) is 31.6 Å². The van der Waals surface area contributed by atoms with E-state index in [0.29, 0.717) is 41.7 Å². The first-order valence-corrected chi connectivity index (χ1v) is 32.3. The van der Waals surface area contributed by atoms with Gasteiger partial charge in [-0.25, -0.2) is 28.9 Å². The van der Waals surface area contributed by atoms with Gasteiger partial charge in [0.2, 0.25) is 0 Å². The largest absolute Gasteiger partial charge is 0.462 e. The van der Waals surface area contributed by atoms with Crippen molar-refractivity contribution in [1.29, 1.82) is 0 Å². The van der Waals surface area contributed by atoms with Gasteiger partial charge in [0.15, 0.2) is 0 Å². The quantitative estimate of drug-likeness (QED) is 0.0364. The maximum Gasteiger partial charge on any atom is 0.339 e. The van der Waals surface area contributed by atoms with Crippen molar-refractivity contribution in [3.8, 4) is 0 Å². The van der Waals surface area contributed by atoms with Crippen molar-refractivity contribution in [3.05, 3.63) is 142 Å². The number of aryl methyl sites for hydroxylation is 2. The summed E-state index contributed by atoms with van der Waals surface area (Å²) >= 11 is 0. The Hall–Kier alpha value is -5.85. The molecule has 84 heavy (non-hydrogen) atoms. The number of benzene rings is 4. The van der Waals surface area contributed by atoms with Crippen LogP contribution in [0.2, 0.25) is 0 Å². The molecule has 0 saturated heterocycles. The molecule has 1 atom stereocenters. The molecule has 1 N–H and O–H groups in total. The van der Waals surface area contributed by atoms with Gasteiger partial charge in [-0.15, -0.1) is 0 Å². The Balaban J connectivity index is 0.000000216. The number of carbonyl (C=O) groups excluding carboxylic acids is 5. The summed E-state index contributed by atoms with van der Waals surface area (Å²) in [5.74, 6) is -0.864. The number of rotatable bonds is 21. The third-order valence-electron chi connectivity index (χ3n) is 18.5. The monoisotopic (exact) mass is 1160 g/mol. The molecule has 0 aliphatic heterocycles. The summed E-state index contributed by atoms with van der Waals surface area (Å²) < 4.78 is 28.4. The van der Waals surface area contributed by atoms with Gasteiger partial charge in [-0.05, 0) is 181 Å². The molecular weight excluding hydrogens is 1060 g/mol. The van der Waals surface area contributed by atoms with Gasteiger partial charge < -0.3 is 23.7 Å². The lowest BCUT2D eigenvalue weighted by molar-refractivity contribution is -0.295. The first-order chi connectivity index (χ1) is 40.7. The molecule has 4 aliphatic carbocycles. The minimum absolute atomic E-state index is 0.0301. The van der Waals surface area contributed by atoms with E-state index in [4.69, 9.17) is 28.6 Å². The van der Waals surface area contributed by atoms with Crippen molar-refractivity contribution in [2.75, 3.05) is 13.2 Å². The lowest BCUT2D eigenvalue weighted by atomic mass is 9.81. The summed E-state index contributed by atoms with van der Waals surface area (Å²) in [6.45, 7) is 17.2. The Morgan fingerprint density at radius 3 is 1.10 bits per heavy atom. The predicted molar refractivity (Wildman–Crippen MR) is 332 cm³/mol. The van der Waals surface area contributed by atoms with Crippen molar-refractivity contribution in [3.63, 3.8) is 0 Å². The van der Waals surface area contributed by atoms with Gasteiger partial charge in [-0.2, -0.15) is 0 Å². The van der Waals surface area contributed by atoms with Gasteiger partial charge in [0.25, 0.3) is 0 Å². The van der Waals surface area contributed by atoms with Crippen LogP contribution in [-0.2, 0) is 28.6 Å². The second kappa shape index (κ2) is 36.9. The predicted octanol–water partition coefficient (Wildman–Crippen LogP) is 18.7. The molecular formula is C72H102O12. The van der Waals surface area contributed by atoms with Crippen LogP contribution in [0.1, 0.15) is 283 Å². The molecule has 4 fully saturated rings. The van der Waals surface area contributed by atoms with Crippen LogP contribution in [0.5, 0.6) is 0 Å². The van der Waals surface area contributed by atoms with Crippen molar-refractivity contribution in [2.45, 2.75) is 246 Å². The van der Waals surface area contributed by atoms with E-state index in [2.05, 4.69) is 38.1 Å². The Bertz CT molecular complexity index is 2450. The third kappa shape index (κ3) is 21.3. The average molecular weight is 1160 g/mol. The van der Waals surface area contributed by atoms with Crippen LogP contribution in [0.25, 0.3) is 0 Å². The SMILES string of the molecule is CCC(CC)(CC)OC(=O)c1ccccc1C(=O)OC(CC)(CC)CC.Cc1ccccc1C.O=C(OC1CCCCC1)c1ccccc1C(OO)C1CCCCC1.O=C(OCC1CCCCC1)c1ccccc1C(=O)OCC1CCCCC1. The molecule has 12 heteroatoms. The fourth-order valence-corrected chi connectivity index (χ4v) is 12.2. The average Bonchev–Trinajstić information content (AvgIpc) is 3.68. The Kier molecular flexibility index (Phi) is 30.3. The second-order valence-electron chi connectivity index (χ2n) is 23.8. The number of carbonyl (C=O) groups is 5. The second-order valence-corrected chi connectivity index (χ2v) is 23.8. The van der Waals surface area contributed by atoms with E-state index in [1.807, 2.05) is 59.7 Å². The van der Waals surface area contributed by atoms with Crippen LogP contribution in [0.4, 0.5) is 0 Å². The number of hydrogen-bond acceptors (Lipinski definition) is 12. The lowest BCUT2D eigenvalue weighted by Gasteiger charge is -2.32. The van der Waals surface area contributed by atoms with Crippen LogP contribution in [0.15, 0.2) is 97.1 Å².